The van der Waals surface area contributed by atoms with Gasteiger partial charge in [0, 0.05) is 38.3 Å². The second kappa shape index (κ2) is 10.1. The van der Waals surface area contributed by atoms with Crippen molar-refractivity contribution in [3.8, 4) is 5.75 Å². The molecule has 3 heterocycles. The first kappa shape index (κ1) is 22.2. The number of rotatable bonds is 7. The second-order valence-electron chi connectivity index (χ2n) is 8.72. The molecule has 0 bridgehead atoms. The maximum Gasteiger partial charge on any atom is 0.257 e. The summed E-state index contributed by atoms with van der Waals surface area (Å²) >= 11 is 0. The van der Waals surface area contributed by atoms with Crippen LogP contribution >= 0.6 is 0 Å². The van der Waals surface area contributed by atoms with Crippen LogP contribution in [0.5, 0.6) is 5.75 Å². The molecular weight excluding hydrogens is 404 g/mol. The van der Waals surface area contributed by atoms with Crippen LogP contribution in [0, 0.1) is 6.92 Å². The van der Waals surface area contributed by atoms with Gasteiger partial charge in [-0.05, 0) is 50.3 Å². The largest absolute Gasteiger partial charge is 0.494 e. The molecule has 2 saturated heterocycles. The number of nitrogens with zero attached hydrogens (tertiary/aromatic N) is 4. The van der Waals surface area contributed by atoms with E-state index in [2.05, 4.69) is 16.9 Å². The van der Waals surface area contributed by atoms with E-state index in [9.17, 15) is 9.59 Å². The van der Waals surface area contributed by atoms with Gasteiger partial charge in [0.1, 0.15) is 11.6 Å². The molecule has 2 fully saturated rings. The monoisotopic (exact) mass is 436 g/mol. The average molecular weight is 437 g/mol. The van der Waals surface area contributed by atoms with E-state index in [0.717, 1.165) is 61.6 Å². The Morgan fingerprint density at radius 1 is 1.09 bits per heavy atom. The molecule has 0 radical (unpaired) electrons. The van der Waals surface area contributed by atoms with Crippen molar-refractivity contribution < 1.29 is 14.3 Å². The molecule has 7 nitrogen and oxygen atoms in total. The highest BCUT2D eigenvalue weighted by Crippen LogP contribution is 2.26. The van der Waals surface area contributed by atoms with Gasteiger partial charge in [-0.3, -0.25) is 9.59 Å². The number of hydrogen-bond donors (Lipinski definition) is 0. The van der Waals surface area contributed by atoms with Crippen LogP contribution in [0.1, 0.15) is 66.0 Å². The maximum atomic E-state index is 12.8. The summed E-state index contributed by atoms with van der Waals surface area (Å²) < 4.78 is 5.61. The molecule has 1 unspecified atom stereocenters. The molecule has 2 aliphatic rings. The van der Waals surface area contributed by atoms with E-state index in [1.54, 1.807) is 6.20 Å². The van der Waals surface area contributed by atoms with E-state index in [4.69, 9.17) is 4.74 Å². The molecule has 2 aromatic rings. The van der Waals surface area contributed by atoms with Crippen LogP contribution in [0.25, 0.3) is 0 Å². The van der Waals surface area contributed by atoms with E-state index in [0.29, 0.717) is 31.7 Å². The highest BCUT2D eigenvalue weighted by molar-refractivity contribution is 5.95. The lowest BCUT2D eigenvalue weighted by molar-refractivity contribution is -0.129. The van der Waals surface area contributed by atoms with Crippen molar-refractivity contribution in [2.75, 3.05) is 32.8 Å². The van der Waals surface area contributed by atoms with Crippen molar-refractivity contribution in [2.24, 2.45) is 0 Å². The van der Waals surface area contributed by atoms with E-state index < -0.39 is 0 Å². The van der Waals surface area contributed by atoms with E-state index >= 15 is 0 Å². The lowest BCUT2D eigenvalue weighted by Crippen LogP contribution is -2.30. The Morgan fingerprint density at radius 2 is 1.84 bits per heavy atom. The van der Waals surface area contributed by atoms with Crippen LogP contribution in [0.4, 0.5) is 0 Å². The van der Waals surface area contributed by atoms with Crippen LogP contribution < -0.4 is 4.74 Å². The van der Waals surface area contributed by atoms with Gasteiger partial charge < -0.3 is 14.5 Å². The summed E-state index contributed by atoms with van der Waals surface area (Å²) in [5, 5.41) is 0. The first-order valence-electron chi connectivity index (χ1n) is 11.7. The van der Waals surface area contributed by atoms with Crippen molar-refractivity contribution in [2.45, 2.75) is 51.9 Å². The number of benzene rings is 1. The van der Waals surface area contributed by atoms with E-state index in [-0.39, 0.29) is 17.7 Å². The molecule has 2 amide bonds. The summed E-state index contributed by atoms with van der Waals surface area (Å²) in [6, 6.07) is 7.76. The molecule has 0 N–H and O–H groups in total. The summed E-state index contributed by atoms with van der Waals surface area (Å²) in [5.74, 6) is 1.82. The van der Waals surface area contributed by atoms with Crippen molar-refractivity contribution in [1.29, 1.82) is 0 Å². The molecule has 4 rings (SSSR count). The topological polar surface area (TPSA) is 75.6 Å². The fourth-order valence-electron chi connectivity index (χ4n) is 4.39. The highest BCUT2D eigenvalue weighted by Gasteiger charge is 2.30. The fourth-order valence-corrected chi connectivity index (χ4v) is 4.39. The van der Waals surface area contributed by atoms with Crippen LogP contribution in [0.15, 0.2) is 30.5 Å². The van der Waals surface area contributed by atoms with Gasteiger partial charge in [-0.15, -0.1) is 0 Å². The quantitative estimate of drug-likeness (QED) is 0.665. The van der Waals surface area contributed by atoms with Crippen molar-refractivity contribution in [1.82, 2.24) is 19.8 Å². The van der Waals surface area contributed by atoms with Crippen LogP contribution in [-0.4, -0.2) is 64.4 Å². The number of aryl methyl sites for hydroxylation is 1. The first-order valence-corrected chi connectivity index (χ1v) is 11.7. The van der Waals surface area contributed by atoms with Gasteiger partial charge in [-0.25, -0.2) is 9.97 Å². The van der Waals surface area contributed by atoms with Gasteiger partial charge in [-0.2, -0.15) is 0 Å². The number of amides is 2. The molecule has 1 atom stereocenters. The Bertz CT molecular complexity index is 954. The molecule has 170 valence electrons. The van der Waals surface area contributed by atoms with Gasteiger partial charge in [0.15, 0.2) is 0 Å². The molecule has 0 saturated carbocycles. The Kier molecular flexibility index (Phi) is 7.02. The maximum absolute atomic E-state index is 12.8. The predicted molar refractivity (Wildman–Crippen MR) is 122 cm³/mol. The molecule has 7 heteroatoms. The smallest absolute Gasteiger partial charge is 0.257 e. The third-order valence-electron chi connectivity index (χ3n) is 6.28. The number of carbonyl (C=O) groups excluding carboxylic acids is 2. The van der Waals surface area contributed by atoms with Crippen molar-refractivity contribution >= 4 is 11.8 Å². The summed E-state index contributed by atoms with van der Waals surface area (Å²) in [6.45, 7) is 7.60. The zero-order chi connectivity index (χ0) is 22.5. The minimum Gasteiger partial charge on any atom is -0.494 e. The third-order valence-corrected chi connectivity index (χ3v) is 6.28. The van der Waals surface area contributed by atoms with Gasteiger partial charge in [-0.1, -0.05) is 19.1 Å². The molecule has 2 aliphatic heterocycles. The minimum atomic E-state index is 0.0286. The Labute approximate surface area is 189 Å². The Hall–Kier alpha value is -2.96. The molecule has 0 spiro atoms. The van der Waals surface area contributed by atoms with Crippen molar-refractivity contribution in [3.05, 3.63) is 53.1 Å². The number of aromatic nitrogens is 2. The normalized spacial score (nSPS) is 18.2. The SMILES string of the molecule is CCCOc1ccc(CC(=O)N2CCC(c3ncc(C(=O)N4CCCC4)c(C)n3)C2)cc1. The average Bonchev–Trinajstić information content (AvgIpc) is 3.51. The Balaban J connectivity index is 1.34. The van der Waals surface area contributed by atoms with Crippen LogP contribution in [0.2, 0.25) is 0 Å². The summed E-state index contributed by atoms with van der Waals surface area (Å²) in [5.41, 5.74) is 2.30. The lowest BCUT2D eigenvalue weighted by Gasteiger charge is -2.18. The lowest BCUT2D eigenvalue weighted by atomic mass is 10.1. The first-order chi connectivity index (χ1) is 15.5. The van der Waals surface area contributed by atoms with E-state index in [1.165, 1.54) is 0 Å². The molecule has 32 heavy (non-hydrogen) atoms. The van der Waals surface area contributed by atoms with Gasteiger partial charge in [0.2, 0.25) is 5.91 Å². The van der Waals surface area contributed by atoms with E-state index in [1.807, 2.05) is 41.0 Å². The standard InChI is InChI=1S/C25H32N4O3/c1-3-14-32-21-8-6-19(7-9-21)15-23(30)29-13-10-20(17-29)24-26-16-22(18(2)27-24)25(31)28-11-4-5-12-28/h6-9,16,20H,3-5,10-15,17H2,1-2H3. The predicted octanol–water partition coefficient (Wildman–Crippen LogP) is 3.37. The van der Waals surface area contributed by atoms with Gasteiger partial charge in [0.25, 0.3) is 5.91 Å². The molecule has 0 aliphatic carbocycles. The third kappa shape index (κ3) is 5.09. The van der Waals surface area contributed by atoms with Gasteiger partial charge in [0.05, 0.1) is 24.3 Å². The number of ether oxygens (including phenoxy) is 1. The van der Waals surface area contributed by atoms with Crippen molar-refractivity contribution in [3.63, 3.8) is 0 Å². The number of likely N-dealkylation sites (tertiary alicyclic amines) is 2. The number of carbonyl (C=O) groups is 2. The second-order valence-corrected chi connectivity index (χ2v) is 8.72. The minimum absolute atomic E-state index is 0.0286. The van der Waals surface area contributed by atoms with Crippen LogP contribution in [-0.2, 0) is 11.2 Å². The molecular formula is C25H32N4O3. The van der Waals surface area contributed by atoms with Crippen LogP contribution in [0.3, 0.4) is 0 Å². The van der Waals surface area contributed by atoms with Gasteiger partial charge >= 0.3 is 0 Å². The molecule has 1 aromatic carbocycles. The molecule has 1 aromatic heterocycles. The zero-order valence-corrected chi connectivity index (χ0v) is 19.0. The zero-order valence-electron chi connectivity index (χ0n) is 19.0. The fraction of sp³-hybridized carbons (Fsp3) is 0.520. The Morgan fingerprint density at radius 3 is 2.53 bits per heavy atom. The summed E-state index contributed by atoms with van der Waals surface area (Å²) in [7, 11) is 0. The summed E-state index contributed by atoms with van der Waals surface area (Å²) in [4.78, 5) is 38.4. The number of hydrogen-bond acceptors (Lipinski definition) is 5. The highest BCUT2D eigenvalue weighted by atomic mass is 16.5. The summed E-state index contributed by atoms with van der Waals surface area (Å²) in [6.07, 6.45) is 5.99.